The molecule has 2 rings (SSSR count). The highest BCUT2D eigenvalue weighted by molar-refractivity contribution is 5.34. The van der Waals surface area contributed by atoms with E-state index in [2.05, 4.69) is 0 Å². The Bertz CT molecular complexity index is 579. The highest BCUT2D eigenvalue weighted by Gasteiger charge is 2.17. The van der Waals surface area contributed by atoms with Crippen molar-refractivity contribution in [2.45, 2.75) is 19.4 Å². The van der Waals surface area contributed by atoms with Crippen LogP contribution in [0.4, 0.5) is 13.2 Å². The third-order valence-corrected chi connectivity index (χ3v) is 3.12. The normalized spacial score (nSPS) is 12.5. The van der Waals surface area contributed by atoms with Gasteiger partial charge in [0.1, 0.15) is 5.82 Å². The Morgan fingerprint density at radius 2 is 1.53 bits per heavy atom. The minimum Gasteiger partial charge on any atom is -0.320 e. The first-order chi connectivity index (χ1) is 9.02. The van der Waals surface area contributed by atoms with Crippen molar-refractivity contribution >= 4 is 0 Å². The van der Waals surface area contributed by atoms with Crippen molar-refractivity contribution in [3.63, 3.8) is 0 Å². The molecular formula is C15H14F3N. The molecule has 1 unspecified atom stereocenters. The Morgan fingerprint density at radius 3 is 2.11 bits per heavy atom. The largest absolute Gasteiger partial charge is 0.320 e. The maximum absolute atomic E-state index is 13.6. The molecule has 0 saturated carbocycles. The van der Waals surface area contributed by atoms with E-state index in [9.17, 15) is 13.2 Å². The van der Waals surface area contributed by atoms with E-state index >= 15 is 0 Å². The predicted molar refractivity (Wildman–Crippen MR) is 68.2 cm³/mol. The molecule has 0 fully saturated rings. The zero-order valence-electron chi connectivity index (χ0n) is 10.5. The van der Waals surface area contributed by atoms with Crippen LogP contribution in [0.1, 0.15) is 29.7 Å². The van der Waals surface area contributed by atoms with Crippen molar-refractivity contribution in [2.75, 3.05) is 0 Å². The van der Waals surface area contributed by atoms with Gasteiger partial charge in [0.15, 0.2) is 11.6 Å². The summed E-state index contributed by atoms with van der Waals surface area (Å²) in [4.78, 5) is 0. The lowest BCUT2D eigenvalue weighted by molar-refractivity contribution is 0.487. The van der Waals surface area contributed by atoms with Crippen molar-refractivity contribution in [1.82, 2.24) is 0 Å². The molecule has 2 aromatic carbocycles. The van der Waals surface area contributed by atoms with Gasteiger partial charge in [-0.3, -0.25) is 0 Å². The van der Waals surface area contributed by atoms with Gasteiger partial charge in [0.25, 0.3) is 0 Å². The molecule has 0 aliphatic rings. The maximum atomic E-state index is 13.6. The van der Waals surface area contributed by atoms with Crippen molar-refractivity contribution in [3.8, 4) is 0 Å². The topological polar surface area (TPSA) is 26.0 Å². The molecule has 0 radical (unpaired) electrons. The number of hydrogen-bond donors (Lipinski definition) is 1. The lowest BCUT2D eigenvalue weighted by atomic mass is 9.97. The van der Waals surface area contributed by atoms with Gasteiger partial charge in [-0.25, -0.2) is 13.2 Å². The highest BCUT2D eigenvalue weighted by Crippen LogP contribution is 2.24. The van der Waals surface area contributed by atoms with Crippen molar-refractivity contribution in [2.24, 2.45) is 5.73 Å². The minimum absolute atomic E-state index is 0.0526. The standard InChI is InChI=1S/C15H14F3N/c1-2-9-3-5-10(6-4-9)15(19)11-7-13(17)14(18)8-12(11)16/h3-8,15H,2,19H2,1H3. The summed E-state index contributed by atoms with van der Waals surface area (Å²) in [5, 5.41) is 0. The number of nitrogens with two attached hydrogens (primary N) is 1. The molecule has 0 heterocycles. The smallest absolute Gasteiger partial charge is 0.161 e. The number of hydrogen-bond acceptors (Lipinski definition) is 1. The Labute approximate surface area is 109 Å². The monoisotopic (exact) mass is 265 g/mol. The van der Waals surface area contributed by atoms with Crippen LogP contribution in [0.2, 0.25) is 0 Å². The maximum Gasteiger partial charge on any atom is 0.161 e. The second kappa shape index (κ2) is 5.45. The summed E-state index contributed by atoms with van der Waals surface area (Å²) in [5.41, 5.74) is 7.63. The molecule has 1 atom stereocenters. The van der Waals surface area contributed by atoms with Gasteiger partial charge in [0.2, 0.25) is 0 Å². The van der Waals surface area contributed by atoms with Crippen LogP contribution in [-0.2, 0) is 6.42 Å². The van der Waals surface area contributed by atoms with E-state index in [0.29, 0.717) is 11.6 Å². The summed E-state index contributed by atoms with van der Waals surface area (Å²) in [6, 6.07) is 7.81. The fourth-order valence-corrected chi connectivity index (χ4v) is 1.92. The zero-order valence-corrected chi connectivity index (χ0v) is 10.5. The SMILES string of the molecule is CCc1ccc(C(N)c2cc(F)c(F)cc2F)cc1. The molecule has 0 saturated heterocycles. The predicted octanol–water partition coefficient (Wildman–Crippen LogP) is 3.71. The Hall–Kier alpha value is -1.81. The molecule has 2 N–H and O–H groups in total. The molecule has 4 heteroatoms. The van der Waals surface area contributed by atoms with E-state index in [1.165, 1.54) is 0 Å². The van der Waals surface area contributed by atoms with Crippen LogP contribution in [0.25, 0.3) is 0 Å². The van der Waals surface area contributed by atoms with E-state index in [1.807, 2.05) is 19.1 Å². The van der Waals surface area contributed by atoms with Crippen LogP contribution in [0.3, 0.4) is 0 Å². The second-order valence-electron chi connectivity index (χ2n) is 4.36. The first kappa shape index (κ1) is 13.6. The van der Waals surface area contributed by atoms with Gasteiger partial charge in [-0.1, -0.05) is 31.2 Å². The summed E-state index contributed by atoms with van der Waals surface area (Å²) in [5.74, 6) is -3.15. The van der Waals surface area contributed by atoms with Crippen LogP contribution in [0, 0.1) is 17.5 Å². The molecule has 0 bridgehead atoms. The van der Waals surface area contributed by atoms with Crippen LogP contribution in [-0.4, -0.2) is 0 Å². The fourth-order valence-electron chi connectivity index (χ4n) is 1.92. The van der Waals surface area contributed by atoms with Crippen molar-refractivity contribution in [1.29, 1.82) is 0 Å². The van der Waals surface area contributed by atoms with Gasteiger partial charge < -0.3 is 5.73 Å². The summed E-state index contributed by atoms with van der Waals surface area (Å²) >= 11 is 0. The molecule has 0 amide bonds. The van der Waals surface area contributed by atoms with Crippen LogP contribution in [0.15, 0.2) is 36.4 Å². The Kier molecular flexibility index (Phi) is 3.90. The number of rotatable bonds is 3. The van der Waals surface area contributed by atoms with Crippen LogP contribution < -0.4 is 5.73 Å². The number of halogens is 3. The summed E-state index contributed by atoms with van der Waals surface area (Å²) < 4.78 is 39.7. The number of aryl methyl sites for hydroxylation is 1. The Morgan fingerprint density at radius 1 is 0.947 bits per heavy atom. The molecule has 1 nitrogen and oxygen atoms in total. The highest BCUT2D eigenvalue weighted by atomic mass is 19.2. The quantitative estimate of drug-likeness (QED) is 0.841. The second-order valence-corrected chi connectivity index (χ2v) is 4.36. The Balaban J connectivity index is 2.37. The fraction of sp³-hybridized carbons (Fsp3) is 0.200. The lowest BCUT2D eigenvalue weighted by Gasteiger charge is -2.14. The van der Waals surface area contributed by atoms with Gasteiger partial charge in [0, 0.05) is 11.6 Å². The van der Waals surface area contributed by atoms with Crippen molar-refractivity contribution in [3.05, 3.63) is 70.5 Å². The summed E-state index contributed by atoms with van der Waals surface area (Å²) in [6.45, 7) is 2.02. The molecule has 2 aromatic rings. The van der Waals surface area contributed by atoms with Gasteiger partial charge >= 0.3 is 0 Å². The summed E-state index contributed by atoms with van der Waals surface area (Å²) in [7, 11) is 0. The first-order valence-corrected chi connectivity index (χ1v) is 6.01. The van der Waals surface area contributed by atoms with Gasteiger partial charge in [-0.15, -0.1) is 0 Å². The van der Waals surface area contributed by atoms with Gasteiger partial charge in [0.05, 0.1) is 6.04 Å². The van der Waals surface area contributed by atoms with Gasteiger partial charge in [-0.2, -0.15) is 0 Å². The third kappa shape index (κ3) is 2.79. The molecule has 0 aliphatic heterocycles. The summed E-state index contributed by atoms with van der Waals surface area (Å²) in [6.07, 6.45) is 0.884. The molecule has 0 spiro atoms. The zero-order chi connectivity index (χ0) is 14.0. The number of benzene rings is 2. The van der Waals surface area contributed by atoms with E-state index < -0.39 is 23.5 Å². The van der Waals surface area contributed by atoms with Crippen LogP contribution in [0.5, 0.6) is 0 Å². The minimum atomic E-state index is -1.21. The van der Waals surface area contributed by atoms with E-state index in [1.54, 1.807) is 12.1 Å². The van der Waals surface area contributed by atoms with E-state index in [0.717, 1.165) is 18.1 Å². The average molecular weight is 265 g/mol. The molecule has 19 heavy (non-hydrogen) atoms. The first-order valence-electron chi connectivity index (χ1n) is 6.01. The molecule has 100 valence electrons. The average Bonchev–Trinajstić information content (AvgIpc) is 2.42. The third-order valence-electron chi connectivity index (χ3n) is 3.12. The van der Waals surface area contributed by atoms with Crippen molar-refractivity contribution < 1.29 is 13.2 Å². The van der Waals surface area contributed by atoms with Crippen LogP contribution >= 0.6 is 0 Å². The molecule has 0 aliphatic carbocycles. The van der Waals surface area contributed by atoms with E-state index in [4.69, 9.17) is 5.73 Å². The molecule has 0 aromatic heterocycles. The molecular weight excluding hydrogens is 251 g/mol. The van der Waals surface area contributed by atoms with E-state index in [-0.39, 0.29) is 5.56 Å². The van der Waals surface area contributed by atoms with Gasteiger partial charge in [-0.05, 0) is 23.6 Å². The lowest BCUT2D eigenvalue weighted by Crippen LogP contribution is -2.14.